The Labute approximate surface area is 102 Å². The van der Waals surface area contributed by atoms with Crippen LogP contribution >= 0.6 is 0 Å². The van der Waals surface area contributed by atoms with Crippen molar-refractivity contribution in [2.24, 2.45) is 0 Å². The van der Waals surface area contributed by atoms with Gasteiger partial charge in [0.25, 0.3) is 0 Å². The first-order chi connectivity index (χ1) is 8.08. The predicted octanol–water partition coefficient (Wildman–Crippen LogP) is 0.739. The second-order valence-electron chi connectivity index (χ2n) is 4.98. The van der Waals surface area contributed by atoms with Crippen LogP contribution in [0.15, 0.2) is 11.0 Å². The van der Waals surface area contributed by atoms with Crippen molar-refractivity contribution >= 4 is 0 Å². The first-order valence-electron chi connectivity index (χ1n) is 6.16. The van der Waals surface area contributed by atoms with E-state index in [2.05, 4.69) is 21.8 Å². The summed E-state index contributed by atoms with van der Waals surface area (Å²) < 4.78 is 0. The monoisotopic (exact) mass is 235 g/mol. The molecule has 1 saturated heterocycles. The van der Waals surface area contributed by atoms with Crippen molar-refractivity contribution in [3.05, 3.63) is 33.2 Å². The Bertz CT molecular complexity index is 444. The third-order valence-corrected chi connectivity index (χ3v) is 3.59. The lowest BCUT2D eigenvalue weighted by atomic mass is 10.1. The number of rotatable bonds is 2. The molecule has 1 N–H and O–H groups in total. The van der Waals surface area contributed by atoms with E-state index in [4.69, 9.17) is 0 Å². The fraction of sp³-hybridized carbons (Fsp3) is 0.615. The lowest BCUT2D eigenvalue weighted by Crippen LogP contribution is -2.44. The van der Waals surface area contributed by atoms with Crippen LogP contribution in [0.5, 0.6) is 0 Å². The van der Waals surface area contributed by atoms with E-state index in [9.17, 15) is 4.79 Å². The van der Waals surface area contributed by atoms with Gasteiger partial charge >= 0.3 is 0 Å². The number of pyridine rings is 1. The van der Waals surface area contributed by atoms with Crippen molar-refractivity contribution in [2.75, 3.05) is 33.2 Å². The molecule has 4 nitrogen and oxygen atoms in total. The smallest absolute Gasteiger partial charge is 0.187 e. The second-order valence-corrected chi connectivity index (χ2v) is 4.98. The number of piperazine rings is 1. The number of H-pyrrole nitrogens is 1. The van der Waals surface area contributed by atoms with Crippen LogP contribution in [-0.4, -0.2) is 48.0 Å². The summed E-state index contributed by atoms with van der Waals surface area (Å²) in [6, 6.07) is 0. The maximum Gasteiger partial charge on any atom is 0.187 e. The molecule has 0 amide bonds. The number of nitrogens with one attached hydrogen (secondary N) is 1. The summed E-state index contributed by atoms with van der Waals surface area (Å²) in [6.07, 6.45) is 1.82. The van der Waals surface area contributed by atoms with E-state index in [1.165, 1.54) is 0 Å². The van der Waals surface area contributed by atoms with Crippen LogP contribution in [0.1, 0.15) is 16.8 Å². The van der Waals surface area contributed by atoms with Gasteiger partial charge in [-0.1, -0.05) is 0 Å². The highest BCUT2D eigenvalue weighted by atomic mass is 16.1. The Kier molecular flexibility index (Phi) is 3.64. The molecule has 1 aromatic heterocycles. The van der Waals surface area contributed by atoms with Gasteiger partial charge in [0.05, 0.1) is 0 Å². The van der Waals surface area contributed by atoms with E-state index in [0.29, 0.717) is 0 Å². The Balaban J connectivity index is 2.09. The largest absolute Gasteiger partial charge is 0.363 e. The van der Waals surface area contributed by atoms with Crippen molar-refractivity contribution in [3.63, 3.8) is 0 Å². The molecule has 1 fully saturated rings. The maximum absolute atomic E-state index is 11.8. The molecule has 1 aliphatic rings. The van der Waals surface area contributed by atoms with Crippen molar-refractivity contribution in [1.82, 2.24) is 14.8 Å². The minimum Gasteiger partial charge on any atom is -0.363 e. The van der Waals surface area contributed by atoms with Gasteiger partial charge in [0.1, 0.15) is 0 Å². The van der Waals surface area contributed by atoms with Gasteiger partial charge in [-0.2, -0.15) is 0 Å². The molecule has 94 valence electrons. The fourth-order valence-corrected chi connectivity index (χ4v) is 2.20. The quantitative estimate of drug-likeness (QED) is 0.822. The molecule has 1 aromatic rings. The summed E-state index contributed by atoms with van der Waals surface area (Å²) in [5.41, 5.74) is 2.89. The third-order valence-electron chi connectivity index (χ3n) is 3.59. The molecule has 1 aliphatic heterocycles. The van der Waals surface area contributed by atoms with Gasteiger partial charge in [-0.05, 0) is 20.9 Å². The molecular formula is C13H21N3O. The molecule has 0 aliphatic carbocycles. The van der Waals surface area contributed by atoms with Gasteiger partial charge in [-0.15, -0.1) is 0 Å². The molecule has 0 bridgehead atoms. The number of aromatic nitrogens is 1. The Morgan fingerprint density at radius 2 is 1.88 bits per heavy atom. The van der Waals surface area contributed by atoms with Crippen LogP contribution < -0.4 is 5.43 Å². The van der Waals surface area contributed by atoms with E-state index in [1.807, 2.05) is 20.0 Å². The third kappa shape index (κ3) is 2.76. The number of aromatic amines is 1. The lowest BCUT2D eigenvalue weighted by Gasteiger charge is -2.32. The first kappa shape index (κ1) is 12.3. The molecule has 2 heterocycles. The van der Waals surface area contributed by atoms with E-state index < -0.39 is 0 Å². The standard InChI is InChI=1S/C13H21N3O/c1-10-8-14-12(11(2)13(10)17)9-16-6-4-15(3)5-7-16/h8H,4-7,9H2,1-3H3,(H,14,17). The Hall–Kier alpha value is -1.13. The predicted molar refractivity (Wildman–Crippen MR) is 69.3 cm³/mol. The Morgan fingerprint density at radius 3 is 2.53 bits per heavy atom. The highest BCUT2D eigenvalue weighted by Gasteiger charge is 2.15. The minimum absolute atomic E-state index is 0.174. The normalized spacial score (nSPS) is 18.5. The van der Waals surface area contributed by atoms with Gasteiger partial charge in [-0.25, -0.2) is 0 Å². The molecule has 0 saturated carbocycles. The van der Waals surface area contributed by atoms with Gasteiger partial charge in [0, 0.05) is 55.7 Å². The zero-order valence-corrected chi connectivity index (χ0v) is 10.9. The SMILES string of the molecule is Cc1c[nH]c(CN2CCN(C)CC2)c(C)c1=O. The van der Waals surface area contributed by atoms with E-state index in [1.54, 1.807) is 0 Å². The summed E-state index contributed by atoms with van der Waals surface area (Å²) in [4.78, 5) is 19.8. The van der Waals surface area contributed by atoms with Crippen LogP contribution in [0.3, 0.4) is 0 Å². The number of aryl methyl sites for hydroxylation is 1. The molecule has 0 unspecified atom stereocenters. The average Bonchev–Trinajstić information content (AvgIpc) is 2.33. The second kappa shape index (κ2) is 5.02. The van der Waals surface area contributed by atoms with E-state index >= 15 is 0 Å². The molecule has 17 heavy (non-hydrogen) atoms. The summed E-state index contributed by atoms with van der Waals surface area (Å²) in [6.45, 7) is 8.99. The molecule has 0 spiro atoms. The molecule has 0 aromatic carbocycles. The average molecular weight is 235 g/mol. The molecule has 4 heteroatoms. The maximum atomic E-state index is 11.8. The fourth-order valence-electron chi connectivity index (χ4n) is 2.20. The van der Waals surface area contributed by atoms with Crippen molar-refractivity contribution < 1.29 is 0 Å². The summed E-state index contributed by atoms with van der Waals surface area (Å²) >= 11 is 0. The van der Waals surface area contributed by atoms with Gasteiger partial charge in [0.2, 0.25) is 0 Å². The summed E-state index contributed by atoms with van der Waals surface area (Å²) in [5.74, 6) is 0. The van der Waals surface area contributed by atoms with Crippen molar-refractivity contribution in [2.45, 2.75) is 20.4 Å². The topological polar surface area (TPSA) is 39.3 Å². The van der Waals surface area contributed by atoms with Gasteiger partial charge in [-0.3, -0.25) is 9.69 Å². The van der Waals surface area contributed by atoms with Crippen LogP contribution in [0.2, 0.25) is 0 Å². The highest BCUT2D eigenvalue weighted by molar-refractivity contribution is 5.23. The lowest BCUT2D eigenvalue weighted by molar-refractivity contribution is 0.146. The number of likely N-dealkylation sites (N-methyl/N-ethyl adjacent to an activating group) is 1. The van der Waals surface area contributed by atoms with Crippen molar-refractivity contribution in [3.8, 4) is 0 Å². The van der Waals surface area contributed by atoms with Crippen LogP contribution in [0, 0.1) is 13.8 Å². The molecule has 0 atom stereocenters. The summed E-state index contributed by atoms with van der Waals surface area (Å²) in [5, 5.41) is 0. The van der Waals surface area contributed by atoms with Gasteiger partial charge in [0.15, 0.2) is 5.43 Å². The van der Waals surface area contributed by atoms with Gasteiger partial charge < -0.3 is 9.88 Å². The molecule has 0 radical (unpaired) electrons. The zero-order valence-electron chi connectivity index (χ0n) is 10.9. The number of nitrogens with zero attached hydrogens (tertiary/aromatic N) is 2. The molecular weight excluding hydrogens is 214 g/mol. The molecule has 2 rings (SSSR count). The first-order valence-corrected chi connectivity index (χ1v) is 6.16. The minimum atomic E-state index is 0.174. The Morgan fingerprint density at radius 1 is 1.24 bits per heavy atom. The number of hydrogen-bond donors (Lipinski definition) is 1. The van der Waals surface area contributed by atoms with Crippen LogP contribution in [-0.2, 0) is 6.54 Å². The highest BCUT2D eigenvalue weighted by Crippen LogP contribution is 2.08. The number of hydrogen-bond acceptors (Lipinski definition) is 3. The van der Waals surface area contributed by atoms with Crippen LogP contribution in [0.25, 0.3) is 0 Å². The van der Waals surface area contributed by atoms with Crippen LogP contribution in [0.4, 0.5) is 0 Å². The van der Waals surface area contributed by atoms with E-state index in [0.717, 1.165) is 49.5 Å². The zero-order chi connectivity index (χ0) is 12.4. The van der Waals surface area contributed by atoms with Crippen molar-refractivity contribution in [1.29, 1.82) is 0 Å². The summed E-state index contributed by atoms with van der Waals surface area (Å²) in [7, 11) is 2.15. The van der Waals surface area contributed by atoms with E-state index in [-0.39, 0.29) is 5.43 Å².